The molecule has 7 heteroatoms. The molecule has 6 aliphatic rings. The fourth-order valence-corrected chi connectivity index (χ4v) is 6.76. The highest BCUT2D eigenvalue weighted by Gasteiger charge is 2.40. The van der Waals surface area contributed by atoms with E-state index in [2.05, 4.69) is 10.2 Å². The van der Waals surface area contributed by atoms with Crippen molar-refractivity contribution in [2.75, 3.05) is 6.61 Å². The Kier molecular flexibility index (Phi) is 5.40. The van der Waals surface area contributed by atoms with Crippen LogP contribution in [0, 0.1) is 0 Å². The van der Waals surface area contributed by atoms with Crippen molar-refractivity contribution in [1.29, 1.82) is 0 Å². The van der Waals surface area contributed by atoms with Crippen molar-refractivity contribution in [3.05, 3.63) is 33.9 Å². The Morgan fingerprint density at radius 1 is 0.871 bits per heavy atom. The normalized spacial score (nSPS) is 27.4. The van der Waals surface area contributed by atoms with Crippen molar-refractivity contribution in [3.63, 3.8) is 0 Å². The molecule has 2 aromatic heterocycles. The molecule has 0 aliphatic heterocycles. The van der Waals surface area contributed by atoms with E-state index in [0.29, 0.717) is 36.0 Å². The van der Waals surface area contributed by atoms with Gasteiger partial charge in [0.25, 0.3) is 0 Å². The van der Waals surface area contributed by atoms with Gasteiger partial charge in [-0.2, -0.15) is 10.2 Å². The number of hydrogen-bond donors (Lipinski definition) is 1. The summed E-state index contributed by atoms with van der Waals surface area (Å²) in [4.78, 5) is 11.9. The van der Waals surface area contributed by atoms with Crippen molar-refractivity contribution < 1.29 is 14.6 Å². The number of carbonyl (C=O) groups is 1. The molecular formula is C24H34N4O3. The number of aliphatic hydroxyl groups excluding tert-OH is 1. The van der Waals surface area contributed by atoms with E-state index in [0.717, 1.165) is 5.69 Å². The summed E-state index contributed by atoms with van der Waals surface area (Å²) in [6.07, 6.45) is 10.2. The monoisotopic (exact) mass is 426 g/mol. The Balaban J connectivity index is 0.000000134. The molecule has 0 amide bonds. The number of rotatable bonds is 3. The zero-order valence-corrected chi connectivity index (χ0v) is 18.9. The molecule has 2 heterocycles. The quantitative estimate of drug-likeness (QED) is 0.750. The van der Waals surface area contributed by atoms with Crippen molar-refractivity contribution >= 4 is 5.97 Å². The van der Waals surface area contributed by atoms with Crippen molar-refractivity contribution in [1.82, 2.24) is 19.6 Å². The van der Waals surface area contributed by atoms with Gasteiger partial charge in [0, 0.05) is 48.4 Å². The summed E-state index contributed by atoms with van der Waals surface area (Å²) in [5.74, 6) is 2.29. The topological polar surface area (TPSA) is 82.2 Å². The molecular weight excluding hydrogens is 392 g/mol. The van der Waals surface area contributed by atoms with Crippen LogP contribution in [-0.2, 0) is 25.4 Å². The maximum Gasteiger partial charge on any atom is 0.359 e. The van der Waals surface area contributed by atoms with E-state index in [-0.39, 0.29) is 12.6 Å². The van der Waals surface area contributed by atoms with E-state index in [4.69, 9.17) is 4.74 Å². The number of fused-ring (bicyclic) bond motifs is 4. The average molecular weight is 427 g/mol. The van der Waals surface area contributed by atoms with Gasteiger partial charge < -0.3 is 9.84 Å². The van der Waals surface area contributed by atoms with E-state index in [1.807, 2.05) is 30.4 Å². The minimum atomic E-state index is -0.253. The van der Waals surface area contributed by atoms with Crippen LogP contribution in [0.1, 0.15) is 121 Å². The van der Waals surface area contributed by atoms with Gasteiger partial charge in [-0.1, -0.05) is 0 Å². The van der Waals surface area contributed by atoms with Crippen LogP contribution in [0.25, 0.3) is 0 Å². The lowest BCUT2D eigenvalue weighted by atomic mass is 9.69. The van der Waals surface area contributed by atoms with Crippen LogP contribution in [0.5, 0.6) is 0 Å². The Labute approximate surface area is 183 Å². The van der Waals surface area contributed by atoms with Gasteiger partial charge in [0.15, 0.2) is 5.69 Å². The van der Waals surface area contributed by atoms with Gasteiger partial charge in [-0.3, -0.25) is 9.36 Å². The number of nitrogens with zero attached hydrogens (tertiary/aromatic N) is 4. The molecule has 0 unspecified atom stereocenters. The van der Waals surface area contributed by atoms with E-state index in [9.17, 15) is 9.90 Å². The summed E-state index contributed by atoms with van der Waals surface area (Å²) in [5.41, 5.74) is 6.77. The summed E-state index contributed by atoms with van der Waals surface area (Å²) in [5, 5.41) is 18.1. The van der Waals surface area contributed by atoms with Crippen LogP contribution < -0.4 is 0 Å². The first-order valence-corrected chi connectivity index (χ1v) is 11.9. The number of esters is 1. The molecule has 4 bridgehead atoms. The van der Waals surface area contributed by atoms with Crippen LogP contribution in [-0.4, -0.2) is 37.2 Å². The number of aromatic nitrogens is 4. The lowest BCUT2D eigenvalue weighted by Gasteiger charge is -2.36. The maximum atomic E-state index is 11.9. The maximum absolute atomic E-state index is 11.9. The second-order valence-electron chi connectivity index (χ2n) is 9.62. The standard InChI is InChI=1S/C13H18N2O2.C11H16N2O/c1-3-17-13(16)11-10-8-4-6-9(7-5-8)12(10)15(2)14-11;1-13-11-8-4-2-7(3-5-8)10(11)9(6-14)12-13/h8-9H,3-7H2,1-2H3;7-8,14H,2-6H2,1H3. The molecule has 2 fully saturated rings. The highest BCUT2D eigenvalue weighted by molar-refractivity contribution is 5.89. The fourth-order valence-electron chi connectivity index (χ4n) is 6.76. The first-order chi connectivity index (χ1) is 15.0. The van der Waals surface area contributed by atoms with E-state index >= 15 is 0 Å². The largest absolute Gasteiger partial charge is 0.461 e. The molecule has 1 N–H and O–H groups in total. The molecule has 0 atom stereocenters. The van der Waals surface area contributed by atoms with E-state index < -0.39 is 0 Å². The molecule has 7 nitrogen and oxygen atoms in total. The molecule has 8 rings (SSSR count). The first-order valence-electron chi connectivity index (χ1n) is 11.9. The summed E-state index contributed by atoms with van der Waals surface area (Å²) < 4.78 is 9.00. The first kappa shape index (κ1) is 20.7. The third kappa shape index (κ3) is 3.32. The second-order valence-corrected chi connectivity index (χ2v) is 9.62. The molecule has 31 heavy (non-hydrogen) atoms. The Morgan fingerprint density at radius 2 is 1.35 bits per heavy atom. The van der Waals surface area contributed by atoms with Crippen LogP contribution in [0.3, 0.4) is 0 Å². The zero-order valence-electron chi connectivity index (χ0n) is 18.9. The zero-order chi connectivity index (χ0) is 21.7. The van der Waals surface area contributed by atoms with Gasteiger partial charge in [-0.25, -0.2) is 4.79 Å². The number of aryl methyl sites for hydroxylation is 2. The number of hydrogen-bond acceptors (Lipinski definition) is 5. The SMILES string of the molecule is CCOC(=O)c1nn(C)c2c1C1CCC2CC1.Cn1nc(CO)c2c1C1CCC2CC1. The lowest BCUT2D eigenvalue weighted by molar-refractivity contribution is 0.0516. The fraction of sp³-hybridized carbons (Fsp3) is 0.708. The third-order valence-corrected chi connectivity index (χ3v) is 8.00. The minimum Gasteiger partial charge on any atom is -0.461 e. The predicted octanol–water partition coefficient (Wildman–Crippen LogP) is 4.02. The predicted molar refractivity (Wildman–Crippen MR) is 116 cm³/mol. The van der Waals surface area contributed by atoms with Crippen molar-refractivity contribution in [3.8, 4) is 0 Å². The Hall–Kier alpha value is -2.15. The summed E-state index contributed by atoms with van der Waals surface area (Å²) in [6.45, 7) is 2.35. The van der Waals surface area contributed by atoms with E-state index in [1.165, 1.54) is 73.9 Å². The molecule has 6 aliphatic carbocycles. The third-order valence-electron chi connectivity index (χ3n) is 8.00. The number of ether oxygens (including phenoxy) is 1. The van der Waals surface area contributed by atoms with Crippen LogP contribution in [0.4, 0.5) is 0 Å². The molecule has 2 aromatic rings. The molecule has 0 spiro atoms. The highest BCUT2D eigenvalue weighted by Crippen LogP contribution is 2.51. The summed E-state index contributed by atoms with van der Waals surface area (Å²) in [7, 11) is 3.96. The average Bonchev–Trinajstić information content (AvgIpc) is 3.36. The second kappa shape index (κ2) is 8.08. The molecule has 0 aromatic carbocycles. The highest BCUT2D eigenvalue weighted by atomic mass is 16.5. The summed E-state index contributed by atoms with van der Waals surface area (Å²) in [6, 6.07) is 0. The van der Waals surface area contributed by atoms with E-state index in [1.54, 1.807) is 0 Å². The van der Waals surface area contributed by atoms with Crippen LogP contribution in [0.15, 0.2) is 0 Å². The summed E-state index contributed by atoms with van der Waals surface area (Å²) >= 11 is 0. The molecule has 0 radical (unpaired) electrons. The number of carbonyl (C=O) groups excluding carboxylic acids is 1. The van der Waals surface area contributed by atoms with Crippen molar-refractivity contribution in [2.45, 2.75) is 88.6 Å². The van der Waals surface area contributed by atoms with Gasteiger partial charge in [-0.15, -0.1) is 0 Å². The van der Waals surface area contributed by atoms with Gasteiger partial charge in [0.1, 0.15) is 0 Å². The van der Waals surface area contributed by atoms with Gasteiger partial charge in [0.05, 0.1) is 18.9 Å². The number of aliphatic hydroxyl groups is 1. The van der Waals surface area contributed by atoms with Gasteiger partial charge in [0.2, 0.25) is 0 Å². The van der Waals surface area contributed by atoms with Crippen LogP contribution in [0.2, 0.25) is 0 Å². The Bertz CT molecular complexity index is 976. The van der Waals surface area contributed by atoms with Crippen molar-refractivity contribution in [2.24, 2.45) is 14.1 Å². The smallest absolute Gasteiger partial charge is 0.359 e. The van der Waals surface area contributed by atoms with Gasteiger partial charge >= 0.3 is 5.97 Å². The molecule has 2 saturated carbocycles. The Morgan fingerprint density at radius 3 is 1.90 bits per heavy atom. The molecule has 0 saturated heterocycles. The van der Waals surface area contributed by atoms with Gasteiger partial charge in [-0.05, 0) is 70.1 Å². The molecule has 168 valence electrons. The lowest BCUT2D eigenvalue weighted by Crippen LogP contribution is -2.24. The minimum absolute atomic E-state index is 0.104. The van der Waals surface area contributed by atoms with Crippen LogP contribution >= 0.6 is 0 Å².